The van der Waals surface area contributed by atoms with E-state index in [9.17, 15) is 4.79 Å². The summed E-state index contributed by atoms with van der Waals surface area (Å²) in [6.07, 6.45) is 3.98. The molecule has 0 spiro atoms. The van der Waals surface area contributed by atoms with Crippen LogP contribution in [0.2, 0.25) is 0 Å². The maximum absolute atomic E-state index is 12.1. The van der Waals surface area contributed by atoms with Gasteiger partial charge in [0.2, 0.25) is 0 Å². The van der Waals surface area contributed by atoms with E-state index < -0.39 is 0 Å². The van der Waals surface area contributed by atoms with E-state index in [4.69, 9.17) is 5.73 Å². The first-order chi connectivity index (χ1) is 8.56. The van der Waals surface area contributed by atoms with E-state index in [2.05, 4.69) is 21.2 Å². The second-order valence-corrected chi connectivity index (χ2v) is 5.90. The molecular weight excluding hydrogens is 328 g/mol. The van der Waals surface area contributed by atoms with E-state index in [1.54, 1.807) is 0 Å². The normalized spacial score (nSPS) is 22.5. The number of rotatable bonds is 2. The predicted octanol–water partition coefficient (Wildman–Crippen LogP) is 3.18. The lowest BCUT2D eigenvalue weighted by atomic mass is 9.91. The van der Waals surface area contributed by atoms with Gasteiger partial charge in [0.15, 0.2) is 0 Å². The van der Waals surface area contributed by atoms with Crippen LogP contribution in [0.5, 0.6) is 0 Å². The third-order valence-electron chi connectivity index (χ3n) is 3.54. The topological polar surface area (TPSA) is 55.1 Å². The molecule has 1 aromatic rings. The summed E-state index contributed by atoms with van der Waals surface area (Å²) in [6.45, 7) is 2.01. The Balaban J connectivity index is 0.00000180. The van der Waals surface area contributed by atoms with Gasteiger partial charge in [0.25, 0.3) is 5.91 Å². The number of hydrogen-bond donors (Lipinski definition) is 2. The lowest BCUT2D eigenvalue weighted by Gasteiger charge is -2.26. The van der Waals surface area contributed by atoms with Crippen LogP contribution in [0.4, 0.5) is 0 Å². The SMILES string of the molecule is Cc1ccc(C(=O)NC2CCC(N)CC2)cc1Br.Cl. The molecule has 1 saturated carbocycles. The minimum absolute atomic E-state index is 0. The molecule has 1 amide bonds. The lowest BCUT2D eigenvalue weighted by molar-refractivity contribution is 0.0926. The number of carbonyl (C=O) groups excluding carboxylic acids is 1. The fraction of sp³-hybridized carbons (Fsp3) is 0.500. The van der Waals surface area contributed by atoms with Crippen LogP contribution in [0, 0.1) is 6.92 Å². The Hall–Kier alpha value is -0.580. The average molecular weight is 348 g/mol. The molecule has 106 valence electrons. The van der Waals surface area contributed by atoms with Crippen molar-refractivity contribution in [1.82, 2.24) is 5.32 Å². The molecule has 0 aliphatic heterocycles. The Morgan fingerprint density at radius 3 is 2.53 bits per heavy atom. The maximum Gasteiger partial charge on any atom is 0.251 e. The van der Waals surface area contributed by atoms with Crippen molar-refractivity contribution in [2.75, 3.05) is 0 Å². The van der Waals surface area contributed by atoms with Crippen molar-refractivity contribution in [2.45, 2.75) is 44.7 Å². The second-order valence-electron chi connectivity index (χ2n) is 5.05. The average Bonchev–Trinajstić information content (AvgIpc) is 2.35. The molecule has 0 heterocycles. The van der Waals surface area contributed by atoms with Gasteiger partial charge in [-0.3, -0.25) is 4.79 Å². The first-order valence-electron chi connectivity index (χ1n) is 6.39. The quantitative estimate of drug-likeness (QED) is 0.863. The largest absolute Gasteiger partial charge is 0.349 e. The molecule has 0 bridgehead atoms. The van der Waals surface area contributed by atoms with E-state index in [1.165, 1.54) is 0 Å². The number of nitrogens with two attached hydrogens (primary N) is 1. The standard InChI is InChI=1S/C14H19BrN2O.ClH/c1-9-2-3-10(8-13(9)15)14(18)17-12-6-4-11(16)5-7-12;/h2-3,8,11-12H,4-7,16H2,1H3,(H,17,18);1H. The highest BCUT2D eigenvalue weighted by Crippen LogP contribution is 2.20. The van der Waals surface area contributed by atoms with E-state index in [0.29, 0.717) is 11.6 Å². The van der Waals surface area contributed by atoms with Gasteiger partial charge in [0.05, 0.1) is 0 Å². The number of amides is 1. The van der Waals surface area contributed by atoms with Gasteiger partial charge in [0.1, 0.15) is 0 Å². The molecular formula is C14H20BrClN2O. The fourth-order valence-corrected chi connectivity index (χ4v) is 2.65. The van der Waals surface area contributed by atoms with E-state index in [-0.39, 0.29) is 24.4 Å². The minimum Gasteiger partial charge on any atom is -0.349 e. The molecule has 1 aliphatic carbocycles. The number of nitrogens with one attached hydrogen (secondary N) is 1. The highest BCUT2D eigenvalue weighted by Gasteiger charge is 2.20. The van der Waals surface area contributed by atoms with Gasteiger partial charge in [0, 0.05) is 22.1 Å². The summed E-state index contributed by atoms with van der Waals surface area (Å²) >= 11 is 3.45. The monoisotopic (exact) mass is 346 g/mol. The van der Waals surface area contributed by atoms with Crippen LogP contribution in [0.25, 0.3) is 0 Å². The molecule has 1 aromatic carbocycles. The zero-order valence-electron chi connectivity index (χ0n) is 11.0. The first-order valence-corrected chi connectivity index (χ1v) is 7.18. The summed E-state index contributed by atoms with van der Waals surface area (Å²) in [6, 6.07) is 6.28. The third-order valence-corrected chi connectivity index (χ3v) is 4.40. The van der Waals surface area contributed by atoms with Crippen molar-refractivity contribution < 1.29 is 4.79 Å². The number of hydrogen-bond acceptors (Lipinski definition) is 2. The number of halogens is 2. The van der Waals surface area contributed by atoms with Crippen LogP contribution >= 0.6 is 28.3 Å². The maximum atomic E-state index is 12.1. The summed E-state index contributed by atoms with van der Waals surface area (Å²) in [7, 11) is 0. The van der Waals surface area contributed by atoms with Gasteiger partial charge in [-0.1, -0.05) is 22.0 Å². The summed E-state index contributed by atoms with van der Waals surface area (Å²) in [5, 5.41) is 3.09. The zero-order valence-corrected chi connectivity index (χ0v) is 13.4. The Bertz CT molecular complexity index is 445. The Morgan fingerprint density at radius 2 is 1.95 bits per heavy atom. The van der Waals surface area contributed by atoms with Crippen molar-refractivity contribution in [3.63, 3.8) is 0 Å². The molecule has 0 aromatic heterocycles. The van der Waals surface area contributed by atoms with E-state index in [0.717, 1.165) is 35.7 Å². The molecule has 0 radical (unpaired) electrons. The summed E-state index contributed by atoms with van der Waals surface area (Å²) < 4.78 is 0.973. The fourth-order valence-electron chi connectivity index (χ4n) is 2.27. The molecule has 1 fully saturated rings. The Kier molecular flexibility index (Phi) is 6.30. The predicted molar refractivity (Wildman–Crippen MR) is 83.8 cm³/mol. The van der Waals surface area contributed by atoms with Crippen molar-refractivity contribution in [1.29, 1.82) is 0 Å². The van der Waals surface area contributed by atoms with Gasteiger partial charge in [-0.05, 0) is 50.3 Å². The molecule has 0 saturated heterocycles. The van der Waals surface area contributed by atoms with Crippen molar-refractivity contribution >= 4 is 34.2 Å². The van der Waals surface area contributed by atoms with Crippen LogP contribution in [0.3, 0.4) is 0 Å². The van der Waals surface area contributed by atoms with Gasteiger partial charge in [-0.15, -0.1) is 12.4 Å². The molecule has 3 N–H and O–H groups in total. The van der Waals surface area contributed by atoms with Crippen LogP contribution in [-0.2, 0) is 0 Å². The highest BCUT2D eigenvalue weighted by molar-refractivity contribution is 9.10. The second kappa shape index (κ2) is 7.27. The van der Waals surface area contributed by atoms with Crippen LogP contribution < -0.4 is 11.1 Å². The van der Waals surface area contributed by atoms with Crippen molar-refractivity contribution in [3.8, 4) is 0 Å². The van der Waals surface area contributed by atoms with Crippen LogP contribution in [-0.4, -0.2) is 18.0 Å². The van der Waals surface area contributed by atoms with Gasteiger partial charge >= 0.3 is 0 Å². The molecule has 0 unspecified atom stereocenters. The highest BCUT2D eigenvalue weighted by atomic mass is 79.9. The third kappa shape index (κ3) is 4.48. The van der Waals surface area contributed by atoms with Crippen molar-refractivity contribution in [3.05, 3.63) is 33.8 Å². The molecule has 3 nitrogen and oxygen atoms in total. The van der Waals surface area contributed by atoms with Gasteiger partial charge in [-0.2, -0.15) is 0 Å². The summed E-state index contributed by atoms with van der Waals surface area (Å²) in [5.74, 6) is 0.0103. The Morgan fingerprint density at radius 1 is 1.32 bits per heavy atom. The number of benzene rings is 1. The van der Waals surface area contributed by atoms with E-state index in [1.807, 2.05) is 25.1 Å². The summed E-state index contributed by atoms with van der Waals surface area (Å²) in [5.41, 5.74) is 7.70. The van der Waals surface area contributed by atoms with Gasteiger partial charge < -0.3 is 11.1 Å². The number of carbonyl (C=O) groups is 1. The zero-order chi connectivity index (χ0) is 13.1. The molecule has 5 heteroatoms. The molecule has 2 rings (SSSR count). The molecule has 0 atom stereocenters. The molecule has 1 aliphatic rings. The lowest BCUT2D eigenvalue weighted by Crippen LogP contribution is -2.40. The molecule has 19 heavy (non-hydrogen) atoms. The summed E-state index contributed by atoms with van der Waals surface area (Å²) in [4.78, 5) is 12.1. The Labute approximate surface area is 128 Å². The minimum atomic E-state index is 0. The van der Waals surface area contributed by atoms with Crippen molar-refractivity contribution in [2.24, 2.45) is 5.73 Å². The van der Waals surface area contributed by atoms with Crippen LogP contribution in [0.15, 0.2) is 22.7 Å². The van der Waals surface area contributed by atoms with Gasteiger partial charge in [-0.25, -0.2) is 0 Å². The smallest absolute Gasteiger partial charge is 0.251 e. The number of aryl methyl sites for hydroxylation is 1. The first kappa shape index (κ1) is 16.5. The van der Waals surface area contributed by atoms with E-state index >= 15 is 0 Å². The van der Waals surface area contributed by atoms with Crippen LogP contribution in [0.1, 0.15) is 41.6 Å².